The molecule has 0 radical (unpaired) electrons. The molecule has 118 valence electrons. The summed E-state index contributed by atoms with van der Waals surface area (Å²) >= 11 is 0. The number of nitrogens with zero attached hydrogens (tertiary/aromatic N) is 1. The molecule has 1 N–H and O–H groups in total. The van der Waals surface area contributed by atoms with E-state index in [0.29, 0.717) is 5.56 Å². The lowest BCUT2D eigenvalue weighted by Crippen LogP contribution is -2.16. The van der Waals surface area contributed by atoms with Crippen molar-refractivity contribution in [1.82, 2.24) is 5.43 Å². The number of ether oxygens (including phenoxy) is 2. The molecule has 7 heteroatoms. The monoisotopic (exact) mass is 316 g/mol. The second kappa shape index (κ2) is 7.69. The number of nitrogens with one attached hydrogen (secondary N) is 1. The smallest absolute Gasteiger partial charge is 0.427 e. The third-order valence-corrected chi connectivity index (χ3v) is 2.68. The minimum Gasteiger partial charge on any atom is -0.452 e. The van der Waals surface area contributed by atoms with Crippen LogP contribution in [0.5, 0.6) is 5.75 Å². The van der Waals surface area contributed by atoms with Gasteiger partial charge in [-0.2, -0.15) is 5.10 Å². The molecule has 2 rings (SSSR count). The Morgan fingerprint density at radius 2 is 1.96 bits per heavy atom. The second-order valence-electron chi connectivity index (χ2n) is 4.33. The fourth-order valence-corrected chi connectivity index (χ4v) is 1.64. The number of hydrazone groups is 1. The summed E-state index contributed by atoms with van der Waals surface area (Å²) in [6, 6.07) is 11.7. The number of esters is 1. The van der Waals surface area contributed by atoms with Crippen LogP contribution < -0.4 is 10.2 Å². The molecule has 0 aliphatic carbocycles. The molecule has 0 aliphatic rings. The second-order valence-corrected chi connectivity index (χ2v) is 4.33. The first-order valence-electron chi connectivity index (χ1n) is 6.53. The standard InChI is InChI=1S/C16H13FN2O4/c1-22-16(21)19-18-10-11-4-2-7-14(8-11)23-15(20)12-5-3-6-13(17)9-12/h2-10H,1H3,(H,19,21)/b18-10-. The maximum absolute atomic E-state index is 13.1. The van der Waals surface area contributed by atoms with Crippen LogP contribution in [0.15, 0.2) is 53.6 Å². The van der Waals surface area contributed by atoms with Crippen LogP contribution in [-0.2, 0) is 4.74 Å². The van der Waals surface area contributed by atoms with Gasteiger partial charge in [-0.3, -0.25) is 0 Å². The van der Waals surface area contributed by atoms with Gasteiger partial charge in [0.25, 0.3) is 0 Å². The molecular weight excluding hydrogens is 303 g/mol. The number of carbonyl (C=O) groups excluding carboxylic acids is 2. The van der Waals surface area contributed by atoms with Gasteiger partial charge < -0.3 is 9.47 Å². The molecular formula is C16H13FN2O4. The highest BCUT2D eigenvalue weighted by molar-refractivity contribution is 5.91. The Balaban J connectivity index is 2.05. The molecule has 6 nitrogen and oxygen atoms in total. The molecule has 0 bridgehead atoms. The summed E-state index contributed by atoms with van der Waals surface area (Å²) < 4.78 is 22.6. The van der Waals surface area contributed by atoms with E-state index in [2.05, 4.69) is 15.3 Å². The number of hydrogen-bond acceptors (Lipinski definition) is 5. The van der Waals surface area contributed by atoms with Crippen molar-refractivity contribution in [3.63, 3.8) is 0 Å². The van der Waals surface area contributed by atoms with Crippen LogP contribution in [-0.4, -0.2) is 25.4 Å². The van der Waals surface area contributed by atoms with Crippen LogP contribution >= 0.6 is 0 Å². The lowest BCUT2D eigenvalue weighted by atomic mass is 10.2. The van der Waals surface area contributed by atoms with Crippen LogP contribution in [0.2, 0.25) is 0 Å². The third kappa shape index (κ3) is 4.92. The molecule has 23 heavy (non-hydrogen) atoms. The van der Waals surface area contributed by atoms with E-state index in [1.165, 1.54) is 31.5 Å². The van der Waals surface area contributed by atoms with Crippen LogP contribution in [0, 0.1) is 5.82 Å². The topological polar surface area (TPSA) is 77.0 Å². The van der Waals surface area contributed by atoms with E-state index in [4.69, 9.17) is 4.74 Å². The van der Waals surface area contributed by atoms with E-state index in [9.17, 15) is 14.0 Å². The van der Waals surface area contributed by atoms with E-state index in [1.54, 1.807) is 24.3 Å². The number of carbonyl (C=O) groups is 2. The third-order valence-electron chi connectivity index (χ3n) is 2.68. The molecule has 0 saturated carbocycles. The quantitative estimate of drug-likeness (QED) is 0.407. The molecule has 0 heterocycles. The maximum atomic E-state index is 13.1. The van der Waals surface area contributed by atoms with Crippen molar-refractivity contribution in [3.05, 3.63) is 65.5 Å². The Morgan fingerprint density at radius 3 is 2.70 bits per heavy atom. The molecule has 0 unspecified atom stereocenters. The number of rotatable bonds is 4. The van der Waals surface area contributed by atoms with Crippen molar-refractivity contribution in [1.29, 1.82) is 0 Å². The predicted octanol–water partition coefficient (Wildman–Crippen LogP) is 2.73. The number of amides is 1. The lowest BCUT2D eigenvalue weighted by Gasteiger charge is -2.05. The Labute approximate surface area is 131 Å². The normalized spacial score (nSPS) is 10.3. The minimum absolute atomic E-state index is 0.108. The molecule has 0 aliphatic heterocycles. The fraction of sp³-hybridized carbons (Fsp3) is 0.0625. The maximum Gasteiger partial charge on any atom is 0.427 e. The van der Waals surface area contributed by atoms with Gasteiger partial charge in [0, 0.05) is 0 Å². The van der Waals surface area contributed by atoms with Gasteiger partial charge in [-0.25, -0.2) is 19.4 Å². The molecule has 0 saturated heterocycles. The molecule has 0 fully saturated rings. The van der Waals surface area contributed by atoms with Gasteiger partial charge in [-0.15, -0.1) is 0 Å². The fourth-order valence-electron chi connectivity index (χ4n) is 1.64. The van der Waals surface area contributed by atoms with Crippen molar-refractivity contribution in [2.24, 2.45) is 5.10 Å². The van der Waals surface area contributed by atoms with E-state index < -0.39 is 17.9 Å². The van der Waals surface area contributed by atoms with Crippen LogP contribution in [0.3, 0.4) is 0 Å². The average molecular weight is 316 g/mol. The van der Waals surface area contributed by atoms with Crippen molar-refractivity contribution in [2.45, 2.75) is 0 Å². The van der Waals surface area contributed by atoms with Crippen LogP contribution in [0.4, 0.5) is 9.18 Å². The van der Waals surface area contributed by atoms with Crippen molar-refractivity contribution < 1.29 is 23.5 Å². The van der Waals surface area contributed by atoms with Crippen molar-refractivity contribution in [2.75, 3.05) is 7.11 Å². The van der Waals surface area contributed by atoms with Crippen molar-refractivity contribution in [3.8, 4) is 5.75 Å². The van der Waals surface area contributed by atoms with Crippen LogP contribution in [0.25, 0.3) is 0 Å². The van der Waals surface area contributed by atoms with E-state index in [0.717, 1.165) is 6.07 Å². The van der Waals surface area contributed by atoms with E-state index in [1.807, 2.05) is 0 Å². The predicted molar refractivity (Wildman–Crippen MR) is 80.9 cm³/mol. The zero-order chi connectivity index (χ0) is 16.7. The summed E-state index contributed by atoms with van der Waals surface area (Å²) in [4.78, 5) is 22.8. The molecule has 2 aromatic carbocycles. The molecule has 1 amide bonds. The van der Waals surface area contributed by atoms with Gasteiger partial charge in [0.1, 0.15) is 11.6 Å². The van der Waals surface area contributed by atoms with Gasteiger partial charge in [0.05, 0.1) is 18.9 Å². The number of hydrogen-bond donors (Lipinski definition) is 1. The highest BCUT2D eigenvalue weighted by atomic mass is 19.1. The Kier molecular flexibility index (Phi) is 5.40. The van der Waals surface area contributed by atoms with Gasteiger partial charge in [0.15, 0.2) is 0 Å². The van der Waals surface area contributed by atoms with E-state index >= 15 is 0 Å². The SMILES string of the molecule is COC(=O)N/N=C\c1cccc(OC(=O)c2cccc(F)c2)c1. The summed E-state index contributed by atoms with van der Waals surface area (Å²) in [5.41, 5.74) is 2.83. The first-order chi connectivity index (χ1) is 11.1. The number of methoxy groups -OCH3 is 1. The summed E-state index contributed by atoms with van der Waals surface area (Å²) in [6.07, 6.45) is 0.658. The number of halogens is 1. The lowest BCUT2D eigenvalue weighted by molar-refractivity contribution is 0.0734. The first-order valence-corrected chi connectivity index (χ1v) is 6.53. The van der Waals surface area contributed by atoms with Gasteiger partial charge in [-0.05, 0) is 35.9 Å². The van der Waals surface area contributed by atoms with Gasteiger partial charge in [-0.1, -0.05) is 18.2 Å². The summed E-state index contributed by atoms with van der Waals surface area (Å²) in [6.45, 7) is 0. The highest BCUT2D eigenvalue weighted by Gasteiger charge is 2.09. The molecule has 0 aromatic heterocycles. The zero-order valence-electron chi connectivity index (χ0n) is 12.2. The summed E-state index contributed by atoms with van der Waals surface area (Å²) in [7, 11) is 1.22. The van der Waals surface area contributed by atoms with Crippen LogP contribution in [0.1, 0.15) is 15.9 Å². The molecule has 0 spiro atoms. The van der Waals surface area contributed by atoms with E-state index in [-0.39, 0.29) is 11.3 Å². The van der Waals surface area contributed by atoms with Gasteiger partial charge >= 0.3 is 12.1 Å². The Bertz CT molecular complexity index is 746. The minimum atomic E-state index is -0.699. The van der Waals surface area contributed by atoms with Gasteiger partial charge in [0.2, 0.25) is 0 Å². The summed E-state index contributed by atoms with van der Waals surface area (Å²) in [5, 5.41) is 3.66. The summed E-state index contributed by atoms with van der Waals surface area (Å²) in [5.74, 6) is -0.929. The van der Waals surface area contributed by atoms with Crippen molar-refractivity contribution >= 4 is 18.3 Å². The largest absolute Gasteiger partial charge is 0.452 e. The molecule has 2 aromatic rings. The zero-order valence-corrected chi connectivity index (χ0v) is 12.2. The Hall–Kier alpha value is -3.22. The molecule has 0 atom stereocenters. The highest BCUT2D eigenvalue weighted by Crippen LogP contribution is 2.15. The number of benzene rings is 2. The average Bonchev–Trinajstić information content (AvgIpc) is 2.55. The Morgan fingerprint density at radius 1 is 1.17 bits per heavy atom. The first kappa shape index (κ1) is 16.2.